The second-order valence-electron chi connectivity index (χ2n) is 2.47. The first-order chi connectivity index (χ1) is 6.22. The van der Waals surface area contributed by atoms with E-state index in [0.717, 1.165) is 11.3 Å². The van der Waals surface area contributed by atoms with Crippen LogP contribution in [0.3, 0.4) is 0 Å². The summed E-state index contributed by atoms with van der Waals surface area (Å²) >= 11 is 0. The van der Waals surface area contributed by atoms with Crippen molar-refractivity contribution in [1.29, 1.82) is 0 Å². The van der Waals surface area contributed by atoms with E-state index in [4.69, 9.17) is 11.5 Å². The van der Waals surface area contributed by atoms with Crippen LogP contribution in [-0.4, -0.2) is 17.6 Å². The topological polar surface area (TPSA) is 49.3 Å². The second kappa shape index (κ2) is 4.17. The maximum atomic E-state index is 10.2. The van der Waals surface area contributed by atoms with Gasteiger partial charge < -0.3 is 10.4 Å². The molecule has 0 heterocycles. The van der Waals surface area contributed by atoms with Crippen molar-refractivity contribution >= 4 is 11.7 Å². The minimum atomic E-state index is -0.888. The smallest absolute Gasteiger partial charge is 0.322 e. The van der Waals surface area contributed by atoms with Crippen LogP contribution in [0.1, 0.15) is 5.56 Å². The summed E-state index contributed by atoms with van der Waals surface area (Å²) in [5, 5.41) is 11.1. The van der Waals surface area contributed by atoms with Crippen LogP contribution < -0.4 is 5.32 Å². The van der Waals surface area contributed by atoms with Gasteiger partial charge in [0.2, 0.25) is 0 Å². The Hall–Kier alpha value is -1.95. The van der Waals surface area contributed by atoms with E-state index in [-0.39, 0.29) is 6.54 Å². The molecular formula is C10H9NO2. The van der Waals surface area contributed by atoms with E-state index in [1.165, 1.54) is 0 Å². The summed E-state index contributed by atoms with van der Waals surface area (Å²) in [6.45, 7) is -0.0879. The molecule has 1 aromatic rings. The molecule has 0 spiro atoms. The zero-order valence-corrected chi connectivity index (χ0v) is 6.95. The summed E-state index contributed by atoms with van der Waals surface area (Å²) in [5.74, 6) is 1.59. The third kappa shape index (κ3) is 2.88. The molecule has 0 unspecified atom stereocenters. The molecule has 2 N–H and O–H groups in total. The Kier molecular flexibility index (Phi) is 2.93. The van der Waals surface area contributed by atoms with Crippen LogP contribution in [-0.2, 0) is 4.79 Å². The Bertz CT molecular complexity index is 335. The Morgan fingerprint density at radius 1 is 1.46 bits per heavy atom. The molecule has 0 bridgehead atoms. The fraction of sp³-hybridized carbons (Fsp3) is 0.100. The predicted molar refractivity (Wildman–Crippen MR) is 50.5 cm³/mol. The number of hydrogen-bond donors (Lipinski definition) is 2. The molecule has 66 valence electrons. The number of carboxylic acid groups (broad SMARTS) is 1. The van der Waals surface area contributed by atoms with Gasteiger partial charge in [0.15, 0.2) is 0 Å². The van der Waals surface area contributed by atoms with Crippen molar-refractivity contribution in [3.63, 3.8) is 0 Å². The second-order valence-corrected chi connectivity index (χ2v) is 2.47. The normalized spacial score (nSPS) is 8.85. The molecule has 0 fully saturated rings. The number of nitrogens with one attached hydrogen (secondary N) is 1. The van der Waals surface area contributed by atoms with Crippen LogP contribution in [0.4, 0.5) is 5.69 Å². The van der Waals surface area contributed by atoms with Gasteiger partial charge in [-0.25, -0.2) is 0 Å². The lowest BCUT2D eigenvalue weighted by Gasteiger charge is -2.02. The molecule has 0 aromatic heterocycles. The van der Waals surface area contributed by atoms with Crippen molar-refractivity contribution in [3.05, 3.63) is 29.8 Å². The number of anilines is 1. The Morgan fingerprint density at radius 2 is 2.08 bits per heavy atom. The molecule has 0 aliphatic carbocycles. The van der Waals surface area contributed by atoms with E-state index < -0.39 is 5.97 Å². The minimum Gasteiger partial charge on any atom is -0.480 e. The molecule has 0 saturated carbocycles. The molecule has 0 radical (unpaired) electrons. The lowest BCUT2D eigenvalue weighted by atomic mass is 10.2. The van der Waals surface area contributed by atoms with Crippen molar-refractivity contribution < 1.29 is 9.90 Å². The van der Waals surface area contributed by atoms with Crippen LogP contribution in [0.25, 0.3) is 0 Å². The van der Waals surface area contributed by atoms with E-state index in [1.807, 2.05) is 0 Å². The number of rotatable bonds is 3. The van der Waals surface area contributed by atoms with E-state index in [2.05, 4.69) is 11.2 Å². The fourth-order valence-corrected chi connectivity index (χ4v) is 0.862. The van der Waals surface area contributed by atoms with Gasteiger partial charge in [0.05, 0.1) is 0 Å². The average molecular weight is 175 g/mol. The average Bonchev–Trinajstić information content (AvgIpc) is 2.15. The van der Waals surface area contributed by atoms with Crippen molar-refractivity contribution in [2.24, 2.45) is 0 Å². The van der Waals surface area contributed by atoms with Crippen molar-refractivity contribution in [1.82, 2.24) is 0 Å². The highest BCUT2D eigenvalue weighted by Crippen LogP contribution is 2.07. The highest BCUT2D eigenvalue weighted by molar-refractivity contribution is 5.72. The van der Waals surface area contributed by atoms with Gasteiger partial charge in [0, 0.05) is 11.3 Å². The standard InChI is InChI=1S/C10H9NO2/c1-2-8-3-5-9(6-4-8)11-7-10(12)13/h1,3-6,11H,7H2,(H,12,13). The molecular weight excluding hydrogens is 166 g/mol. The predicted octanol–water partition coefficient (Wildman–Crippen LogP) is 1.16. The maximum absolute atomic E-state index is 10.2. The highest BCUT2D eigenvalue weighted by atomic mass is 16.4. The molecule has 3 nitrogen and oxygen atoms in total. The molecule has 0 saturated heterocycles. The number of hydrogen-bond acceptors (Lipinski definition) is 2. The van der Waals surface area contributed by atoms with E-state index >= 15 is 0 Å². The number of benzene rings is 1. The molecule has 0 amide bonds. The number of aliphatic carboxylic acids is 1. The summed E-state index contributed by atoms with van der Waals surface area (Å²) in [4.78, 5) is 10.2. The molecule has 0 aliphatic rings. The monoisotopic (exact) mass is 175 g/mol. The first-order valence-electron chi connectivity index (χ1n) is 3.74. The first-order valence-corrected chi connectivity index (χ1v) is 3.74. The third-order valence-corrected chi connectivity index (χ3v) is 1.50. The van der Waals surface area contributed by atoms with E-state index in [0.29, 0.717) is 0 Å². The SMILES string of the molecule is C#Cc1ccc(NCC(=O)O)cc1. The minimum absolute atomic E-state index is 0.0879. The Morgan fingerprint density at radius 3 is 2.54 bits per heavy atom. The van der Waals surface area contributed by atoms with Gasteiger partial charge >= 0.3 is 5.97 Å². The van der Waals surface area contributed by atoms with Gasteiger partial charge in [0.1, 0.15) is 6.54 Å². The zero-order valence-electron chi connectivity index (χ0n) is 6.95. The lowest BCUT2D eigenvalue weighted by molar-refractivity contribution is -0.134. The summed E-state index contributed by atoms with van der Waals surface area (Å²) < 4.78 is 0. The van der Waals surface area contributed by atoms with Crippen LogP contribution in [0.2, 0.25) is 0 Å². The molecule has 0 atom stereocenters. The van der Waals surface area contributed by atoms with Crippen LogP contribution >= 0.6 is 0 Å². The summed E-state index contributed by atoms with van der Waals surface area (Å²) in [6, 6.07) is 7.00. The molecule has 0 aliphatic heterocycles. The van der Waals surface area contributed by atoms with Crippen LogP contribution in [0.15, 0.2) is 24.3 Å². The van der Waals surface area contributed by atoms with Gasteiger partial charge in [-0.15, -0.1) is 6.42 Å². The quantitative estimate of drug-likeness (QED) is 0.678. The number of carboxylic acids is 1. The van der Waals surface area contributed by atoms with Crippen molar-refractivity contribution in [2.45, 2.75) is 0 Å². The Balaban J connectivity index is 2.60. The fourth-order valence-electron chi connectivity index (χ4n) is 0.862. The molecule has 1 aromatic carbocycles. The highest BCUT2D eigenvalue weighted by Gasteiger charge is 1.95. The van der Waals surface area contributed by atoms with Gasteiger partial charge in [-0.2, -0.15) is 0 Å². The number of carbonyl (C=O) groups is 1. The van der Waals surface area contributed by atoms with Gasteiger partial charge in [-0.3, -0.25) is 4.79 Å². The largest absolute Gasteiger partial charge is 0.480 e. The molecule has 3 heteroatoms. The van der Waals surface area contributed by atoms with Crippen LogP contribution in [0.5, 0.6) is 0 Å². The van der Waals surface area contributed by atoms with Gasteiger partial charge in [-0.1, -0.05) is 5.92 Å². The summed E-state index contributed by atoms with van der Waals surface area (Å²) in [5.41, 5.74) is 1.53. The van der Waals surface area contributed by atoms with E-state index in [9.17, 15) is 4.79 Å². The maximum Gasteiger partial charge on any atom is 0.322 e. The van der Waals surface area contributed by atoms with E-state index in [1.54, 1.807) is 24.3 Å². The lowest BCUT2D eigenvalue weighted by Crippen LogP contribution is -2.11. The molecule has 1 rings (SSSR count). The first kappa shape index (κ1) is 9.14. The third-order valence-electron chi connectivity index (χ3n) is 1.50. The number of terminal acetylenes is 1. The van der Waals surface area contributed by atoms with Crippen molar-refractivity contribution in [3.8, 4) is 12.3 Å². The van der Waals surface area contributed by atoms with Crippen LogP contribution in [0, 0.1) is 12.3 Å². The van der Waals surface area contributed by atoms with Crippen molar-refractivity contribution in [2.75, 3.05) is 11.9 Å². The molecule has 13 heavy (non-hydrogen) atoms. The summed E-state index contributed by atoms with van der Waals surface area (Å²) in [6.07, 6.45) is 5.16. The van der Waals surface area contributed by atoms with Gasteiger partial charge in [-0.05, 0) is 24.3 Å². The van der Waals surface area contributed by atoms with Gasteiger partial charge in [0.25, 0.3) is 0 Å². The zero-order chi connectivity index (χ0) is 9.68. The Labute approximate surface area is 76.4 Å². The summed E-state index contributed by atoms with van der Waals surface area (Å²) in [7, 11) is 0.